The number of nitrogens with one attached hydrogen (secondary N) is 1. The molecule has 0 spiro atoms. The van der Waals surface area contributed by atoms with E-state index in [4.69, 9.17) is 5.73 Å². The van der Waals surface area contributed by atoms with Crippen LogP contribution in [0.5, 0.6) is 0 Å². The normalized spacial score (nSPS) is 26.0. The molecule has 1 aliphatic carbocycles. The minimum atomic E-state index is -0.213. The molecule has 100 valence electrons. The van der Waals surface area contributed by atoms with Crippen molar-refractivity contribution >= 4 is 15.9 Å². The van der Waals surface area contributed by atoms with Crippen LogP contribution < -0.4 is 11.1 Å². The summed E-state index contributed by atoms with van der Waals surface area (Å²) in [6, 6.07) is 6.34. The van der Waals surface area contributed by atoms with Crippen molar-refractivity contribution in [1.29, 1.82) is 0 Å². The summed E-state index contributed by atoms with van der Waals surface area (Å²) in [5, 5.41) is 3.60. The van der Waals surface area contributed by atoms with Crippen molar-refractivity contribution in [2.75, 3.05) is 0 Å². The van der Waals surface area contributed by atoms with E-state index in [2.05, 4.69) is 28.2 Å². The van der Waals surface area contributed by atoms with Gasteiger partial charge >= 0.3 is 0 Å². The molecule has 1 unspecified atom stereocenters. The van der Waals surface area contributed by atoms with Gasteiger partial charge in [-0.3, -0.25) is 0 Å². The van der Waals surface area contributed by atoms with E-state index in [0.717, 1.165) is 31.2 Å². The highest BCUT2D eigenvalue weighted by Crippen LogP contribution is 2.24. The number of nitrogens with two attached hydrogens (primary N) is 1. The van der Waals surface area contributed by atoms with Crippen LogP contribution in [-0.2, 0) is 0 Å². The summed E-state index contributed by atoms with van der Waals surface area (Å²) < 4.78 is 13.7. The Morgan fingerprint density at radius 1 is 1.33 bits per heavy atom. The Balaban J connectivity index is 1.94. The van der Waals surface area contributed by atoms with Crippen LogP contribution in [0.3, 0.4) is 0 Å². The third kappa shape index (κ3) is 3.53. The van der Waals surface area contributed by atoms with Crippen molar-refractivity contribution in [3.05, 3.63) is 34.1 Å². The Hall–Kier alpha value is -0.450. The molecule has 1 atom stereocenters. The summed E-state index contributed by atoms with van der Waals surface area (Å²) in [7, 11) is 0. The van der Waals surface area contributed by atoms with Gasteiger partial charge < -0.3 is 11.1 Å². The summed E-state index contributed by atoms with van der Waals surface area (Å²) in [6.07, 6.45) is 4.46. The van der Waals surface area contributed by atoms with Crippen LogP contribution in [0.4, 0.5) is 4.39 Å². The first kappa shape index (κ1) is 14.0. The Morgan fingerprint density at radius 2 is 2.00 bits per heavy atom. The van der Waals surface area contributed by atoms with Gasteiger partial charge in [-0.1, -0.05) is 6.07 Å². The first-order chi connectivity index (χ1) is 8.56. The van der Waals surface area contributed by atoms with Crippen LogP contribution in [0, 0.1) is 5.82 Å². The zero-order chi connectivity index (χ0) is 13.1. The van der Waals surface area contributed by atoms with Gasteiger partial charge in [0.25, 0.3) is 0 Å². The minimum Gasteiger partial charge on any atom is -0.328 e. The van der Waals surface area contributed by atoms with Crippen LogP contribution in [-0.4, -0.2) is 12.1 Å². The van der Waals surface area contributed by atoms with Crippen molar-refractivity contribution in [3.63, 3.8) is 0 Å². The third-order valence-electron chi connectivity index (χ3n) is 3.70. The molecule has 0 aromatic heterocycles. The highest BCUT2D eigenvalue weighted by atomic mass is 79.9. The first-order valence-corrected chi connectivity index (χ1v) is 7.32. The second-order valence-corrected chi connectivity index (χ2v) is 6.03. The zero-order valence-electron chi connectivity index (χ0n) is 10.6. The van der Waals surface area contributed by atoms with E-state index in [-0.39, 0.29) is 11.9 Å². The van der Waals surface area contributed by atoms with Gasteiger partial charge in [0, 0.05) is 18.1 Å². The van der Waals surface area contributed by atoms with E-state index in [1.165, 1.54) is 6.07 Å². The molecule has 1 fully saturated rings. The van der Waals surface area contributed by atoms with Crippen LogP contribution in [0.2, 0.25) is 0 Å². The van der Waals surface area contributed by atoms with Gasteiger partial charge in [-0.15, -0.1) is 0 Å². The number of hydrogen-bond donors (Lipinski definition) is 2. The highest BCUT2D eigenvalue weighted by molar-refractivity contribution is 9.10. The minimum absolute atomic E-state index is 0.213. The Kier molecular flexibility index (Phi) is 4.76. The first-order valence-electron chi connectivity index (χ1n) is 6.53. The predicted molar refractivity (Wildman–Crippen MR) is 75.9 cm³/mol. The SMILES string of the molecule is CC(NC1CCC(N)CC1)c1ccc(F)c(Br)c1. The lowest BCUT2D eigenvalue weighted by atomic mass is 9.91. The summed E-state index contributed by atoms with van der Waals surface area (Å²) in [4.78, 5) is 0. The van der Waals surface area contributed by atoms with Crippen LogP contribution in [0.25, 0.3) is 0 Å². The second kappa shape index (κ2) is 6.13. The van der Waals surface area contributed by atoms with Gasteiger partial charge in [-0.25, -0.2) is 4.39 Å². The van der Waals surface area contributed by atoms with Crippen molar-refractivity contribution in [1.82, 2.24) is 5.32 Å². The highest BCUT2D eigenvalue weighted by Gasteiger charge is 2.20. The fourth-order valence-electron chi connectivity index (χ4n) is 2.52. The zero-order valence-corrected chi connectivity index (χ0v) is 12.2. The molecule has 0 radical (unpaired) electrons. The standard InChI is InChI=1S/C14H20BrFN2/c1-9(10-2-7-14(16)13(15)8-10)18-12-5-3-11(17)4-6-12/h2,7-9,11-12,18H,3-6,17H2,1H3. The Labute approximate surface area is 116 Å². The maximum atomic E-state index is 13.2. The van der Waals surface area contributed by atoms with E-state index in [0.29, 0.717) is 16.6 Å². The monoisotopic (exact) mass is 314 g/mol. The molecule has 4 heteroatoms. The average molecular weight is 315 g/mol. The Bertz CT molecular complexity index is 403. The number of rotatable bonds is 3. The molecular formula is C14H20BrFN2. The average Bonchev–Trinajstić information content (AvgIpc) is 2.35. The van der Waals surface area contributed by atoms with E-state index in [1.54, 1.807) is 0 Å². The van der Waals surface area contributed by atoms with Gasteiger partial charge in [0.05, 0.1) is 4.47 Å². The molecule has 0 amide bonds. The molecule has 1 aliphatic rings. The van der Waals surface area contributed by atoms with Crippen LogP contribution >= 0.6 is 15.9 Å². The molecule has 1 aromatic rings. The number of benzene rings is 1. The van der Waals surface area contributed by atoms with Gasteiger partial charge in [0.1, 0.15) is 5.82 Å². The summed E-state index contributed by atoms with van der Waals surface area (Å²) in [5.41, 5.74) is 7.01. The molecule has 2 rings (SSSR count). The molecule has 1 saturated carbocycles. The van der Waals surface area contributed by atoms with E-state index in [1.807, 2.05) is 12.1 Å². The summed E-state index contributed by atoms with van der Waals surface area (Å²) in [6.45, 7) is 2.12. The molecule has 18 heavy (non-hydrogen) atoms. The number of hydrogen-bond acceptors (Lipinski definition) is 2. The van der Waals surface area contributed by atoms with Crippen LogP contribution in [0.1, 0.15) is 44.2 Å². The fourth-order valence-corrected chi connectivity index (χ4v) is 2.91. The third-order valence-corrected chi connectivity index (χ3v) is 4.31. The lowest BCUT2D eigenvalue weighted by Crippen LogP contribution is -2.38. The molecule has 3 N–H and O–H groups in total. The maximum absolute atomic E-state index is 13.2. The van der Waals surface area contributed by atoms with Gasteiger partial charge in [-0.2, -0.15) is 0 Å². The van der Waals surface area contributed by atoms with Crippen molar-refractivity contribution < 1.29 is 4.39 Å². The molecule has 2 nitrogen and oxygen atoms in total. The van der Waals surface area contributed by atoms with Gasteiger partial charge in [-0.05, 0) is 66.2 Å². The van der Waals surface area contributed by atoms with Crippen molar-refractivity contribution in [2.45, 2.75) is 50.7 Å². The maximum Gasteiger partial charge on any atom is 0.137 e. The largest absolute Gasteiger partial charge is 0.328 e. The molecule has 0 heterocycles. The van der Waals surface area contributed by atoms with Crippen molar-refractivity contribution in [3.8, 4) is 0 Å². The van der Waals surface area contributed by atoms with Crippen molar-refractivity contribution in [2.24, 2.45) is 5.73 Å². The number of halogens is 2. The lowest BCUT2D eigenvalue weighted by molar-refractivity contribution is 0.322. The van der Waals surface area contributed by atoms with Gasteiger partial charge in [0.2, 0.25) is 0 Å². The molecule has 1 aromatic carbocycles. The summed E-state index contributed by atoms with van der Waals surface area (Å²) in [5.74, 6) is -0.213. The molecular weight excluding hydrogens is 295 g/mol. The molecule has 0 saturated heterocycles. The molecule has 0 aliphatic heterocycles. The predicted octanol–water partition coefficient (Wildman–Crippen LogP) is 3.51. The second-order valence-electron chi connectivity index (χ2n) is 5.17. The topological polar surface area (TPSA) is 38.0 Å². The summed E-state index contributed by atoms with van der Waals surface area (Å²) >= 11 is 3.23. The van der Waals surface area contributed by atoms with Gasteiger partial charge in [0.15, 0.2) is 0 Å². The molecule has 0 bridgehead atoms. The van der Waals surface area contributed by atoms with E-state index < -0.39 is 0 Å². The Morgan fingerprint density at radius 3 is 2.61 bits per heavy atom. The van der Waals surface area contributed by atoms with E-state index in [9.17, 15) is 4.39 Å². The quantitative estimate of drug-likeness (QED) is 0.896. The fraction of sp³-hybridized carbons (Fsp3) is 0.571. The van der Waals surface area contributed by atoms with E-state index >= 15 is 0 Å². The lowest BCUT2D eigenvalue weighted by Gasteiger charge is -2.29. The van der Waals surface area contributed by atoms with Crippen LogP contribution in [0.15, 0.2) is 22.7 Å². The smallest absolute Gasteiger partial charge is 0.137 e.